The average molecular weight is 380 g/mol. The highest BCUT2D eigenvalue weighted by Gasteiger charge is 2.33. The van der Waals surface area contributed by atoms with E-state index in [0.717, 1.165) is 0 Å². The summed E-state index contributed by atoms with van der Waals surface area (Å²) in [5.74, 6) is -0.0406. The van der Waals surface area contributed by atoms with Gasteiger partial charge in [-0.25, -0.2) is 18.4 Å². The standard InChI is InChI=1S/C15H20N6O4S/c1-10-13(11(2)25-19-10)26(23,24)21-7-3-6-20(8-9-21)15(22)12-14(16)18-5-4-17-12/h4-5H,3,6-9H2,1-2H3,(H2,16,18). The third-order valence-electron chi connectivity index (χ3n) is 4.24. The lowest BCUT2D eigenvalue weighted by atomic mass is 10.3. The van der Waals surface area contributed by atoms with E-state index in [1.807, 2.05) is 0 Å². The van der Waals surface area contributed by atoms with E-state index in [-0.39, 0.29) is 41.2 Å². The quantitative estimate of drug-likeness (QED) is 0.797. The second-order valence-corrected chi connectivity index (χ2v) is 7.87. The van der Waals surface area contributed by atoms with Crippen LogP contribution in [-0.2, 0) is 10.0 Å². The van der Waals surface area contributed by atoms with E-state index >= 15 is 0 Å². The van der Waals surface area contributed by atoms with E-state index in [0.29, 0.717) is 25.2 Å². The SMILES string of the molecule is Cc1noc(C)c1S(=O)(=O)N1CCCN(C(=O)c2nccnc2N)CC1. The Labute approximate surface area is 151 Å². The summed E-state index contributed by atoms with van der Waals surface area (Å²) in [4.78, 5) is 22.1. The summed E-state index contributed by atoms with van der Waals surface area (Å²) in [5, 5.41) is 3.72. The number of carbonyl (C=O) groups is 1. The lowest BCUT2D eigenvalue weighted by molar-refractivity contribution is 0.0759. The van der Waals surface area contributed by atoms with Crippen LogP contribution >= 0.6 is 0 Å². The van der Waals surface area contributed by atoms with Gasteiger partial charge in [-0.15, -0.1) is 0 Å². The van der Waals surface area contributed by atoms with Crippen LogP contribution < -0.4 is 5.73 Å². The molecule has 10 nitrogen and oxygen atoms in total. The first-order valence-corrected chi connectivity index (χ1v) is 9.55. The molecule has 0 atom stereocenters. The van der Waals surface area contributed by atoms with Crippen molar-refractivity contribution in [2.24, 2.45) is 0 Å². The minimum Gasteiger partial charge on any atom is -0.382 e. The molecule has 0 bridgehead atoms. The second-order valence-electron chi connectivity index (χ2n) is 5.99. The van der Waals surface area contributed by atoms with Crippen LogP contribution in [-0.4, -0.2) is 64.8 Å². The first-order chi connectivity index (χ1) is 12.3. The number of nitrogens with two attached hydrogens (primary N) is 1. The number of aromatic nitrogens is 3. The van der Waals surface area contributed by atoms with E-state index in [2.05, 4.69) is 15.1 Å². The largest absolute Gasteiger partial charge is 0.382 e. The summed E-state index contributed by atoms with van der Waals surface area (Å²) in [6.07, 6.45) is 3.30. The minimum absolute atomic E-state index is 0.0574. The zero-order valence-corrected chi connectivity index (χ0v) is 15.4. The molecule has 0 unspecified atom stereocenters. The Hall–Kier alpha value is -2.53. The van der Waals surface area contributed by atoms with Crippen molar-refractivity contribution >= 4 is 21.7 Å². The maximum Gasteiger partial charge on any atom is 0.276 e. The normalized spacial score (nSPS) is 16.5. The third-order valence-corrected chi connectivity index (χ3v) is 6.38. The maximum absolute atomic E-state index is 12.9. The van der Waals surface area contributed by atoms with Gasteiger partial charge in [-0.3, -0.25) is 4.79 Å². The Balaban J connectivity index is 1.79. The summed E-state index contributed by atoms with van der Waals surface area (Å²) in [6, 6.07) is 0. The first-order valence-electron chi connectivity index (χ1n) is 8.11. The number of hydrogen-bond acceptors (Lipinski definition) is 8. The summed E-state index contributed by atoms with van der Waals surface area (Å²) in [6.45, 7) is 4.26. The summed E-state index contributed by atoms with van der Waals surface area (Å²) >= 11 is 0. The Bertz CT molecular complexity index is 906. The molecule has 0 aromatic carbocycles. The second kappa shape index (κ2) is 7.00. The van der Waals surface area contributed by atoms with Gasteiger partial charge in [0, 0.05) is 38.6 Å². The van der Waals surface area contributed by atoms with E-state index in [9.17, 15) is 13.2 Å². The molecule has 3 heterocycles. The zero-order chi connectivity index (χ0) is 18.9. The van der Waals surface area contributed by atoms with Gasteiger partial charge in [0.1, 0.15) is 10.6 Å². The van der Waals surface area contributed by atoms with Crippen molar-refractivity contribution in [3.63, 3.8) is 0 Å². The van der Waals surface area contributed by atoms with Crippen molar-refractivity contribution in [1.29, 1.82) is 0 Å². The number of nitrogens with zero attached hydrogens (tertiary/aromatic N) is 5. The highest BCUT2D eigenvalue weighted by atomic mass is 32.2. The van der Waals surface area contributed by atoms with Gasteiger partial charge in [-0.1, -0.05) is 5.16 Å². The third kappa shape index (κ3) is 3.27. The number of sulfonamides is 1. The smallest absolute Gasteiger partial charge is 0.276 e. The molecule has 26 heavy (non-hydrogen) atoms. The predicted molar refractivity (Wildman–Crippen MR) is 91.7 cm³/mol. The van der Waals surface area contributed by atoms with Gasteiger partial charge in [-0.05, 0) is 20.3 Å². The molecule has 2 aromatic rings. The molecule has 1 aliphatic heterocycles. The molecule has 1 aliphatic rings. The molecule has 0 radical (unpaired) electrons. The van der Waals surface area contributed by atoms with E-state index in [1.54, 1.807) is 18.7 Å². The van der Waals surface area contributed by atoms with Crippen LogP contribution in [0.15, 0.2) is 21.8 Å². The van der Waals surface area contributed by atoms with Gasteiger partial charge in [0.05, 0.1) is 0 Å². The van der Waals surface area contributed by atoms with Crippen LogP contribution in [0.2, 0.25) is 0 Å². The molecule has 0 spiro atoms. The van der Waals surface area contributed by atoms with Crippen LogP contribution in [0, 0.1) is 13.8 Å². The average Bonchev–Trinajstić information content (AvgIpc) is 2.81. The van der Waals surface area contributed by atoms with Crippen molar-refractivity contribution in [2.75, 3.05) is 31.9 Å². The van der Waals surface area contributed by atoms with Crippen LogP contribution in [0.4, 0.5) is 5.82 Å². The van der Waals surface area contributed by atoms with Crippen molar-refractivity contribution in [1.82, 2.24) is 24.3 Å². The molecule has 1 fully saturated rings. The number of hydrogen-bond donors (Lipinski definition) is 1. The summed E-state index contributed by atoms with van der Waals surface area (Å²) in [5.41, 5.74) is 6.12. The number of aryl methyl sites for hydroxylation is 2. The molecule has 1 saturated heterocycles. The molecule has 140 valence electrons. The summed E-state index contributed by atoms with van der Waals surface area (Å²) in [7, 11) is -3.74. The molecule has 0 aliphatic carbocycles. The van der Waals surface area contributed by atoms with Crippen LogP contribution in [0.25, 0.3) is 0 Å². The van der Waals surface area contributed by atoms with Gasteiger partial charge in [0.25, 0.3) is 5.91 Å². The Morgan fingerprint density at radius 1 is 1.15 bits per heavy atom. The number of anilines is 1. The molecule has 2 N–H and O–H groups in total. The molecular formula is C15H20N6O4S. The van der Waals surface area contributed by atoms with Crippen molar-refractivity contribution in [3.8, 4) is 0 Å². The van der Waals surface area contributed by atoms with Crippen molar-refractivity contribution in [2.45, 2.75) is 25.2 Å². The molecule has 1 amide bonds. The number of nitrogen functional groups attached to an aromatic ring is 1. The van der Waals surface area contributed by atoms with Gasteiger partial charge < -0.3 is 15.2 Å². The number of amides is 1. The lowest BCUT2D eigenvalue weighted by Crippen LogP contribution is -2.38. The zero-order valence-electron chi connectivity index (χ0n) is 14.5. The lowest BCUT2D eigenvalue weighted by Gasteiger charge is -2.21. The molecule has 11 heteroatoms. The fourth-order valence-electron chi connectivity index (χ4n) is 2.97. The van der Waals surface area contributed by atoms with Gasteiger partial charge in [-0.2, -0.15) is 4.31 Å². The monoisotopic (exact) mass is 380 g/mol. The number of rotatable bonds is 3. The minimum atomic E-state index is -3.74. The van der Waals surface area contributed by atoms with Crippen molar-refractivity contribution in [3.05, 3.63) is 29.5 Å². The van der Waals surface area contributed by atoms with Gasteiger partial charge >= 0.3 is 0 Å². The first kappa shape index (κ1) is 18.3. The van der Waals surface area contributed by atoms with Gasteiger partial charge in [0.15, 0.2) is 17.3 Å². The van der Waals surface area contributed by atoms with Gasteiger partial charge in [0.2, 0.25) is 10.0 Å². The Morgan fingerprint density at radius 3 is 2.54 bits per heavy atom. The van der Waals surface area contributed by atoms with Crippen molar-refractivity contribution < 1.29 is 17.7 Å². The fourth-order valence-corrected chi connectivity index (χ4v) is 4.73. The predicted octanol–water partition coefficient (Wildman–Crippen LogP) is 0.200. The van der Waals surface area contributed by atoms with Crippen LogP contribution in [0.1, 0.15) is 28.4 Å². The van der Waals surface area contributed by atoms with E-state index < -0.39 is 10.0 Å². The highest BCUT2D eigenvalue weighted by molar-refractivity contribution is 7.89. The Kier molecular flexibility index (Phi) is 4.92. The van der Waals surface area contributed by atoms with Crippen LogP contribution in [0.5, 0.6) is 0 Å². The maximum atomic E-state index is 12.9. The van der Waals surface area contributed by atoms with E-state index in [1.165, 1.54) is 16.7 Å². The fraction of sp³-hybridized carbons (Fsp3) is 0.467. The van der Waals surface area contributed by atoms with E-state index in [4.69, 9.17) is 10.3 Å². The molecule has 2 aromatic heterocycles. The summed E-state index contributed by atoms with van der Waals surface area (Å²) < 4.78 is 32.2. The highest BCUT2D eigenvalue weighted by Crippen LogP contribution is 2.24. The molecular weight excluding hydrogens is 360 g/mol. The topological polar surface area (TPSA) is 136 Å². The van der Waals surface area contributed by atoms with Crippen LogP contribution in [0.3, 0.4) is 0 Å². The molecule has 3 rings (SSSR count). The Morgan fingerprint density at radius 2 is 1.88 bits per heavy atom. The number of carbonyl (C=O) groups excluding carboxylic acids is 1. The molecule has 0 saturated carbocycles.